The molecule has 0 aromatic heterocycles. The van der Waals surface area contributed by atoms with Gasteiger partial charge in [-0.15, -0.1) is 0 Å². The maximum atomic E-state index is 11.8. The van der Waals surface area contributed by atoms with Crippen LogP contribution in [0.5, 0.6) is 5.75 Å². The van der Waals surface area contributed by atoms with Crippen LogP contribution in [0.15, 0.2) is 54.6 Å². The lowest BCUT2D eigenvalue weighted by Gasteiger charge is -2.05. The first kappa shape index (κ1) is 13.8. The Morgan fingerprint density at radius 2 is 1.65 bits per heavy atom. The third kappa shape index (κ3) is 3.45. The number of ketones is 1. The Bertz CT molecular complexity index is 605. The van der Waals surface area contributed by atoms with E-state index in [1.165, 1.54) is 7.11 Å². The first-order valence-electron chi connectivity index (χ1n) is 6.10. The van der Waals surface area contributed by atoms with Crippen LogP contribution in [-0.4, -0.2) is 25.5 Å². The number of carbonyl (C=O) groups excluding carboxylic acids is 2. The van der Waals surface area contributed by atoms with E-state index in [0.29, 0.717) is 16.9 Å². The molecule has 0 unspecified atom stereocenters. The summed E-state index contributed by atoms with van der Waals surface area (Å²) in [5.74, 6) is -0.219. The highest BCUT2D eigenvalue weighted by Gasteiger charge is 2.12. The van der Waals surface area contributed by atoms with E-state index in [1.807, 2.05) is 6.07 Å². The fourth-order valence-corrected chi connectivity index (χ4v) is 1.67. The summed E-state index contributed by atoms with van der Waals surface area (Å²) in [5.41, 5.74) is 0.871. The predicted octanol–water partition coefficient (Wildman–Crippen LogP) is 2.73. The summed E-state index contributed by atoms with van der Waals surface area (Å²) >= 11 is 0. The Hall–Kier alpha value is -2.62. The van der Waals surface area contributed by atoms with Crippen molar-refractivity contribution in [3.63, 3.8) is 0 Å². The van der Waals surface area contributed by atoms with Gasteiger partial charge in [0.15, 0.2) is 12.4 Å². The molecule has 0 fully saturated rings. The van der Waals surface area contributed by atoms with E-state index in [1.54, 1.807) is 48.5 Å². The Balaban J connectivity index is 1.97. The second-order valence-electron chi connectivity index (χ2n) is 4.10. The molecule has 0 atom stereocenters. The normalized spacial score (nSPS) is 9.85. The molecular weight excluding hydrogens is 256 g/mol. The Morgan fingerprint density at radius 3 is 2.35 bits per heavy atom. The molecule has 0 aliphatic rings. The van der Waals surface area contributed by atoms with Gasteiger partial charge < -0.3 is 9.47 Å². The molecule has 2 aromatic rings. The van der Waals surface area contributed by atoms with Crippen molar-refractivity contribution in [3.05, 3.63) is 65.7 Å². The number of rotatable bonds is 5. The van der Waals surface area contributed by atoms with E-state index < -0.39 is 5.97 Å². The maximum Gasteiger partial charge on any atom is 0.338 e. The molecule has 2 aromatic carbocycles. The van der Waals surface area contributed by atoms with Gasteiger partial charge in [-0.1, -0.05) is 36.4 Å². The monoisotopic (exact) mass is 270 g/mol. The molecule has 4 heteroatoms. The molecular formula is C16H14O4. The first-order chi connectivity index (χ1) is 9.70. The highest BCUT2D eigenvalue weighted by Crippen LogP contribution is 2.13. The van der Waals surface area contributed by atoms with Crippen LogP contribution in [0, 0.1) is 0 Å². The molecule has 0 heterocycles. The van der Waals surface area contributed by atoms with Crippen molar-refractivity contribution in [1.29, 1.82) is 0 Å². The molecule has 0 N–H and O–H groups in total. The lowest BCUT2D eigenvalue weighted by atomic mass is 10.1. The van der Waals surface area contributed by atoms with Crippen LogP contribution in [-0.2, 0) is 4.74 Å². The van der Waals surface area contributed by atoms with Crippen molar-refractivity contribution < 1.29 is 19.1 Å². The Kier molecular flexibility index (Phi) is 4.50. The summed E-state index contributed by atoms with van der Waals surface area (Å²) in [5, 5.41) is 0. The summed E-state index contributed by atoms with van der Waals surface area (Å²) < 4.78 is 10.0. The summed E-state index contributed by atoms with van der Waals surface area (Å²) in [6, 6.07) is 15.3. The van der Waals surface area contributed by atoms with Gasteiger partial charge in [0.05, 0.1) is 12.7 Å². The standard InChI is InChI=1S/C16H14O4/c1-19-14-9-5-8-13(10-14)16(18)20-11-15(17)12-6-3-2-4-7-12/h2-10H,11H2,1H3. The molecule has 0 spiro atoms. The third-order valence-electron chi connectivity index (χ3n) is 2.74. The Morgan fingerprint density at radius 1 is 0.950 bits per heavy atom. The third-order valence-corrected chi connectivity index (χ3v) is 2.74. The SMILES string of the molecule is COc1cccc(C(=O)OCC(=O)c2ccccc2)c1. The van der Waals surface area contributed by atoms with E-state index in [4.69, 9.17) is 9.47 Å². The average Bonchev–Trinajstić information content (AvgIpc) is 2.53. The second-order valence-corrected chi connectivity index (χ2v) is 4.10. The smallest absolute Gasteiger partial charge is 0.338 e. The van der Waals surface area contributed by atoms with Crippen LogP contribution in [0.3, 0.4) is 0 Å². The minimum Gasteiger partial charge on any atom is -0.497 e. The zero-order chi connectivity index (χ0) is 14.4. The highest BCUT2D eigenvalue weighted by molar-refractivity contribution is 5.99. The number of esters is 1. The van der Waals surface area contributed by atoms with Crippen LogP contribution < -0.4 is 4.74 Å². The minimum atomic E-state index is -0.548. The number of hydrogen-bond acceptors (Lipinski definition) is 4. The van der Waals surface area contributed by atoms with E-state index in [9.17, 15) is 9.59 Å². The van der Waals surface area contributed by atoms with E-state index in [-0.39, 0.29) is 12.4 Å². The molecule has 2 rings (SSSR count). The van der Waals surface area contributed by atoms with Crippen molar-refractivity contribution >= 4 is 11.8 Å². The van der Waals surface area contributed by atoms with E-state index >= 15 is 0 Å². The number of methoxy groups -OCH3 is 1. The van der Waals surface area contributed by atoms with Crippen LogP contribution in [0.25, 0.3) is 0 Å². The van der Waals surface area contributed by atoms with Gasteiger partial charge >= 0.3 is 5.97 Å². The zero-order valence-corrected chi connectivity index (χ0v) is 11.0. The zero-order valence-electron chi connectivity index (χ0n) is 11.0. The largest absolute Gasteiger partial charge is 0.497 e. The van der Waals surface area contributed by atoms with Gasteiger partial charge in [0.2, 0.25) is 0 Å². The number of hydrogen-bond donors (Lipinski definition) is 0. The molecule has 0 aliphatic carbocycles. The number of carbonyl (C=O) groups is 2. The molecule has 0 radical (unpaired) electrons. The van der Waals surface area contributed by atoms with Crippen LogP contribution >= 0.6 is 0 Å². The van der Waals surface area contributed by atoms with Crippen molar-refractivity contribution in [2.24, 2.45) is 0 Å². The fourth-order valence-electron chi connectivity index (χ4n) is 1.67. The van der Waals surface area contributed by atoms with Crippen LogP contribution in [0.4, 0.5) is 0 Å². The van der Waals surface area contributed by atoms with Crippen molar-refractivity contribution in [3.8, 4) is 5.75 Å². The van der Waals surface area contributed by atoms with Gasteiger partial charge in [-0.05, 0) is 18.2 Å². The summed E-state index contributed by atoms with van der Waals surface area (Å²) in [6.07, 6.45) is 0. The molecule has 0 bridgehead atoms. The second kappa shape index (κ2) is 6.52. The lowest BCUT2D eigenvalue weighted by Crippen LogP contribution is -2.14. The molecule has 0 aliphatic heterocycles. The Labute approximate surface area is 116 Å². The van der Waals surface area contributed by atoms with Crippen molar-refractivity contribution in [2.45, 2.75) is 0 Å². The number of ether oxygens (including phenoxy) is 2. The van der Waals surface area contributed by atoms with Gasteiger partial charge in [0, 0.05) is 5.56 Å². The quantitative estimate of drug-likeness (QED) is 0.619. The first-order valence-corrected chi connectivity index (χ1v) is 6.10. The number of Topliss-reactive ketones (excluding diaryl/α,β-unsaturated/α-hetero) is 1. The van der Waals surface area contributed by atoms with E-state index in [2.05, 4.69) is 0 Å². The van der Waals surface area contributed by atoms with Crippen molar-refractivity contribution in [2.75, 3.05) is 13.7 Å². The van der Waals surface area contributed by atoms with Gasteiger partial charge in [-0.3, -0.25) is 4.79 Å². The summed E-state index contributed by atoms with van der Waals surface area (Å²) in [6.45, 7) is -0.278. The van der Waals surface area contributed by atoms with Crippen LogP contribution in [0.1, 0.15) is 20.7 Å². The lowest BCUT2D eigenvalue weighted by molar-refractivity contribution is 0.0474. The van der Waals surface area contributed by atoms with Gasteiger partial charge in [-0.2, -0.15) is 0 Å². The minimum absolute atomic E-state index is 0.234. The average molecular weight is 270 g/mol. The van der Waals surface area contributed by atoms with Crippen molar-refractivity contribution in [1.82, 2.24) is 0 Å². The molecule has 0 saturated carbocycles. The number of benzene rings is 2. The van der Waals surface area contributed by atoms with Gasteiger partial charge in [-0.25, -0.2) is 4.79 Å². The molecule has 20 heavy (non-hydrogen) atoms. The fraction of sp³-hybridized carbons (Fsp3) is 0.125. The molecule has 0 saturated heterocycles. The predicted molar refractivity (Wildman–Crippen MR) is 74.0 cm³/mol. The highest BCUT2D eigenvalue weighted by atomic mass is 16.5. The topological polar surface area (TPSA) is 52.6 Å². The van der Waals surface area contributed by atoms with Gasteiger partial charge in [0.1, 0.15) is 5.75 Å². The summed E-state index contributed by atoms with van der Waals surface area (Å²) in [7, 11) is 1.52. The maximum absolute atomic E-state index is 11.8. The van der Waals surface area contributed by atoms with Crippen LogP contribution in [0.2, 0.25) is 0 Å². The van der Waals surface area contributed by atoms with E-state index in [0.717, 1.165) is 0 Å². The summed E-state index contributed by atoms with van der Waals surface area (Å²) in [4.78, 5) is 23.6. The van der Waals surface area contributed by atoms with Gasteiger partial charge in [0.25, 0.3) is 0 Å². The molecule has 102 valence electrons. The molecule has 4 nitrogen and oxygen atoms in total. The molecule has 0 amide bonds.